The second-order valence-corrected chi connectivity index (χ2v) is 6.77. The van der Waals surface area contributed by atoms with Gasteiger partial charge in [-0.2, -0.15) is 4.52 Å². The molecule has 0 radical (unpaired) electrons. The summed E-state index contributed by atoms with van der Waals surface area (Å²) in [6.45, 7) is 7.96. The van der Waals surface area contributed by atoms with Gasteiger partial charge in [-0.3, -0.25) is 9.59 Å². The van der Waals surface area contributed by atoms with Crippen molar-refractivity contribution in [1.82, 2.24) is 19.9 Å². The molecule has 1 N–H and O–H groups in total. The molecule has 0 aliphatic rings. The van der Waals surface area contributed by atoms with Gasteiger partial charge in [-0.05, 0) is 31.9 Å². The number of hydrogen-bond donors (Lipinski definition) is 1. The molecule has 0 spiro atoms. The molecule has 0 saturated heterocycles. The van der Waals surface area contributed by atoms with E-state index in [2.05, 4.69) is 15.4 Å². The number of nitrogens with zero attached hydrogens (tertiary/aromatic N) is 4. The Balaban J connectivity index is 1.85. The number of carbonyl (C=O) groups excluding carboxylic acids is 1. The molecule has 2 aromatic heterocycles. The zero-order valence-electron chi connectivity index (χ0n) is 15.0. The highest BCUT2D eigenvalue weighted by Gasteiger charge is 2.17. The topological polar surface area (TPSA) is 79.6 Å². The van der Waals surface area contributed by atoms with Gasteiger partial charge in [0.15, 0.2) is 0 Å². The summed E-state index contributed by atoms with van der Waals surface area (Å²) in [5.74, 6) is -0.447. The van der Waals surface area contributed by atoms with Crippen LogP contribution in [0.25, 0.3) is 4.96 Å². The Morgan fingerprint density at radius 2 is 2.00 bits per heavy atom. The molecule has 0 aliphatic carbocycles. The summed E-state index contributed by atoms with van der Waals surface area (Å²) in [6.07, 6.45) is 1.33. The van der Waals surface area contributed by atoms with Crippen LogP contribution in [0.15, 0.2) is 35.3 Å². The number of carbonyl (C=O) groups is 1. The lowest BCUT2D eigenvalue weighted by molar-refractivity contribution is 0.0948. The van der Waals surface area contributed by atoms with Crippen molar-refractivity contribution < 1.29 is 4.79 Å². The van der Waals surface area contributed by atoms with Crippen LogP contribution in [0.5, 0.6) is 0 Å². The highest BCUT2D eigenvalue weighted by Crippen LogP contribution is 2.20. The molecule has 136 valence electrons. The van der Waals surface area contributed by atoms with Crippen LogP contribution in [0.3, 0.4) is 0 Å². The second-order valence-electron chi connectivity index (χ2n) is 5.84. The first-order valence-electron chi connectivity index (χ1n) is 8.51. The fourth-order valence-corrected chi connectivity index (χ4v) is 3.62. The molecule has 0 fully saturated rings. The first kappa shape index (κ1) is 18.1. The van der Waals surface area contributed by atoms with Crippen LogP contribution in [0.4, 0.5) is 5.13 Å². The average molecular weight is 371 g/mol. The predicted molar refractivity (Wildman–Crippen MR) is 103 cm³/mol. The van der Waals surface area contributed by atoms with Crippen LogP contribution < -0.4 is 15.8 Å². The Hall–Kier alpha value is -2.74. The van der Waals surface area contributed by atoms with Crippen LogP contribution in [0.2, 0.25) is 0 Å². The van der Waals surface area contributed by atoms with Crippen molar-refractivity contribution in [2.24, 2.45) is 0 Å². The maximum Gasteiger partial charge on any atom is 0.288 e. The summed E-state index contributed by atoms with van der Waals surface area (Å²) < 4.78 is 1.21. The van der Waals surface area contributed by atoms with E-state index in [9.17, 15) is 9.59 Å². The minimum Gasteiger partial charge on any atom is -0.348 e. The predicted octanol–water partition coefficient (Wildman–Crippen LogP) is 2.24. The van der Waals surface area contributed by atoms with E-state index >= 15 is 0 Å². The van der Waals surface area contributed by atoms with Crippen molar-refractivity contribution in [2.45, 2.75) is 27.3 Å². The quantitative estimate of drug-likeness (QED) is 0.719. The highest BCUT2D eigenvalue weighted by molar-refractivity contribution is 7.20. The molecule has 3 aromatic rings. The number of fused-ring (bicyclic) bond motifs is 1. The molecule has 0 atom stereocenters. The summed E-state index contributed by atoms with van der Waals surface area (Å²) in [5.41, 5.74) is 1.63. The van der Waals surface area contributed by atoms with Gasteiger partial charge in [0, 0.05) is 25.8 Å². The molecule has 8 heteroatoms. The molecule has 0 saturated carbocycles. The Morgan fingerprint density at radius 3 is 2.69 bits per heavy atom. The van der Waals surface area contributed by atoms with Gasteiger partial charge < -0.3 is 10.2 Å². The molecule has 7 nitrogen and oxygen atoms in total. The maximum absolute atomic E-state index is 12.6. The number of hydrogen-bond acceptors (Lipinski definition) is 6. The number of amides is 1. The summed E-state index contributed by atoms with van der Waals surface area (Å²) >= 11 is 1.34. The summed E-state index contributed by atoms with van der Waals surface area (Å²) in [4.78, 5) is 31.9. The minimum absolute atomic E-state index is 0.00696. The van der Waals surface area contributed by atoms with Crippen LogP contribution in [0.1, 0.15) is 35.3 Å². The Morgan fingerprint density at radius 1 is 1.27 bits per heavy atom. The normalized spacial score (nSPS) is 10.9. The number of aryl methyl sites for hydroxylation is 1. The number of rotatable bonds is 6. The van der Waals surface area contributed by atoms with E-state index < -0.39 is 11.5 Å². The lowest BCUT2D eigenvalue weighted by Gasteiger charge is -2.15. The third-order valence-electron chi connectivity index (χ3n) is 4.26. The standard InChI is InChI=1S/C18H21N5O2S/c1-4-22(5-2)18-21-23-16(25)14(11-20-17(23)26-18)15(24)19-10-13-9-7-6-8-12(13)3/h6-9,11H,4-5,10H2,1-3H3,(H,19,24). The first-order chi connectivity index (χ1) is 12.5. The van der Waals surface area contributed by atoms with Crippen LogP contribution >= 0.6 is 11.3 Å². The van der Waals surface area contributed by atoms with E-state index in [4.69, 9.17) is 0 Å². The van der Waals surface area contributed by atoms with E-state index in [1.807, 2.05) is 49.9 Å². The molecule has 0 unspecified atom stereocenters. The molecular weight excluding hydrogens is 350 g/mol. The molecule has 0 bridgehead atoms. The van der Waals surface area contributed by atoms with E-state index in [0.29, 0.717) is 11.5 Å². The van der Waals surface area contributed by atoms with Gasteiger partial charge in [0.05, 0.1) is 0 Å². The fraction of sp³-hybridized carbons (Fsp3) is 0.333. The molecule has 0 aliphatic heterocycles. The van der Waals surface area contributed by atoms with Gasteiger partial charge in [-0.1, -0.05) is 35.6 Å². The summed E-state index contributed by atoms with van der Waals surface area (Å²) in [7, 11) is 0. The zero-order chi connectivity index (χ0) is 18.7. The number of benzene rings is 1. The number of anilines is 1. The Labute approximate surface area is 155 Å². The molecule has 1 aromatic carbocycles. The van der Waals surface area contributed by atoms with Crippen LogP contribution in [0, 0.1) is 6.92 Å². The Kier molecular flexibility index (Phi) is 5.32. The van der Waals surface area contributed by atoms with Crippen molar-refractivity contribution in [3.63, 3.8) is 0 Å². The fourth-order valence-electron chi connectivity index (χ4n) is 2.63. The molecule has 2 heterocycles. The van der Waals surface area contributed by atoms with Crippen LogP contribution in [-0.2, 0) is 6.54 Å². The number of nitrogens with one attached hydrogen (secondary N) is 1. The van der Waals surface area contributed by atoms with Gasteiger partial charge >= 0.3 is 0 Å². The molecular formula is C18H21N5O2S. The summed E-state index contributed by atoms with van der Waals surface area (Å²) in [5, 5.41) is 7.84. The monoisotopic (exact) mass is 371 g/mol. The van der Waals surface area contributed by atoms with Gasteiger partial charge in [0.25, 0.3) is 11.5 Å². The highest BCUT2D eigenvalue weighted by atomic mass is 32.1. The largest absolute Gasteiger partial charge is 0.348 e. The van der Waals surface area contributed by atoms with Crippen molar-refractivity contribution in [3.05, 3.63) is 57.5 Å². The SMILES string of the molecule is CCN(CC)c1nn2c(=O)c(C(=O)NCc3ccccc3C)cnc2s1. The second kappa shape index (κ2) is 7.65. The van der Waals surface area contributed by atoms with Crippen molar-refractivity contribution in [2.75, 3.05) is 18.0 Å². The Bertz CT molecular complexity index is 991. The zero-order valence-corrected chi connectivity index (χ0v) is 15.8. The van der Waals surface area contributed by atoms with Crippen molar-refractivity contribution in [1.29, 1.82) is 0 Å². The summed E-state index contributed by atoms with van der Waals surface area (Å²) in [6, 6.07) is 7.79. The maximum atomic E-state index is 12.6. The molecule has 1 amide bonds. The molecule has 3 rings (SSSR count). The smallest absolute Gasteiger partial charge is 0.288 e. The van der Waals surface area contributed by atoms with Gasteiger partial charge in [0.1, 0.15) is 5.56 Å². The molecule has 26 heavy (non-hydrogen) atoms. The van der Waals surface area contributed by atoms with E-state index in [1.165, 1.54) is 22.0 Å². The van der Waals surface area contributed by atoms with E-state index in [0.717, 1.165) is 29.3 Å². The lowest BCUT2D eigenvalue weighted by Crippen LogP contribution is -2.31. The van der Waals surface area contributed by atoms with Crippen LogP contribution in [-0.4, -0.2) is 33.6 Å². The third kappa shape index (κ3) is 3.45. The van der Waals surface area contributed by atoms with Crippen molar-refractivity contribution >= 4 is 27.3 Å². The van der Waals surface area contributed by atoms with Gasteiger partial charge in [-0.25, -0.2) is 4.98 Å². The van der Waals surface area contributed by atoms with E-state index in [-0.39, 0.29) is 5.56 Å². The van der Waals surface area contributed by atoms with Gasteiger partial charge in [0.2, 0.25) is 10.1 Å². The lowest BCUT2D eigenvalue weighted by atomic mass is 10.1. The first-order valence-corrected chi connectivity index (χ1v) is 9.33. The third-order valence-corrected chi connectivity index (χ3v) is 5.24. The minimum atomic E-state index is -0.452. The van der Waals surface area contributed by atoms with Gasteiger partial charge in [-0.15, -0.1) is 5.10 Å². The van der Waals surface area contributed by atoms with E-state index in [1.54, 1.807) is 0 Å². The average Bonchev–Trinajstić information content (AvgIpc) is 3.07. The number of aromatic nitrogens is 3. The van der Waals surface area contributed by atoms with Crippen molar-refractivity contribution in [3.8, 4) is 0 Å².